The summed E-state index contributed by atoms with van der Waals surface area (Å²) < 4.78 is 11.0. The van der Waals surface area contributed by atoms with Crippen LogP contribution in [0.4, 0.5) is 4.79 Å². The molecule has 1 N–H and O–H groups in total. The van der Waals surface area contributed by atoms with Crippen LogP contribution < -0.4 is 5.32 Å². The second-order valence-corrected chi connectivity index (χ2v) is 7.65. The van der Waals surface area contributed by atoms with Gasteiger partial charge >= 0.3 is 6.09 Å². The van der Waals surface area contributed by atoms with Crippen LogP contribution in [-0.2, 0) is 9.47 Å². The van der Waals surface area contributed by atoms with Crippen molar-refractivity contribution in [3.63, 3.8) is 0 Å². The van der Waals surface area contributed by atoms with Gasteiger partial charge in [0.05, 0.1) is 0 Å². The first-order chi connectivity index (χ1) is 10.3. The first kappa shape index (κ1) is 17.5. The van der Waals surface area contributed by atoms with Gasteiger partial charge in [-0.05, 0) is 59.8 Å². The molecule has 0 radical (unpaired) electrons. The Balaban J connectivity index is 1.80. The van der Waals surface area contributed by atoms with Crippen LogP contribution in [0.1, 0.15) is 59.8 Å². The number of carbonyl (C=O) groups is 1. The van der Waals surface area contributed by atoms with Crippen LogP contribution in [0.25, 0.3) is 0 Å². The summed E-state index contributed by atoms with van der Waals surface area (Å²) in [6.07, 6.45) is 5.25. The molecule has 0 aromatic heterocycles. The lowest BCUT2D eigenvalue weighted by Crippen LogP contribution is -2.52. The van der Waals surface area contributed by atoms with Gasteiger partial charge < -0.3 is 19.7 Å². The molecule has 0 spiro atoms. The molecule has 0 saturated carbocycles. The van der Waals surface area contributed by atoms with Gasteiger partial charge in [0.2, 0.25) is 0 Å². The van der Waals surface area contributed by atoms with E-state index in [1.54, 1.807) is 0 Å². The number of likely N-dealkylation sites (tertiary alicyclic amines) is 1. The summed E-state index contributed by atoms with van der Waals surface area (Å²) in [6, 6.07) is 1.28. The van der Waals surface area contributed by atoms with Gasteiger partial charge in [-0.1, -0.05) is 0 Å². The first-order valence-electron chi connectivity index (χ1n) is 8.68. The van der Waals surface area contributed by atoms with Gasteiger partial charge in [-0.15, -0.1) is 0 Å². The minimum Gasteiger partial charge on any atom is -0.444 e. The number of ether oxygens (including phenoxy) is 2. The lowest BCUT2D eigenvalue weighted by molar-refractivity contribution is 0.00891. The molecule has 0 aliphatic carbocycles. The van der Waals surface area contributed by atoms with E-state index in [9.17, 15) is 4.79 Å². The molecule has 0 aromatic rings. The Morgan fingerprint density at radius 2 is 1.95 bits per heavy atom. The molecule has 3 atom stereocenters. The third kappa shape index (κ3) is 5.43. The molecule has 5 heteroatoms. The predicted molar refractivity (Wildman–Crippen MR) is 87.0 cm³/mol. The molecule has 0 bridgehead atoms. The quantitative estimate of drug-likeness (QED) is 0.852. The van der Waals surface area contributed by atoms with E-state index in [1.165, 1.54) is 6.42 Å². The van der Waals surface area contributed by atoms with Crippen molar-refractivity contribution in [2.24, 2.45) is 0 Å². The number of nitrogens with zero attached hydrogens (tertiary/aromatic N) is 1. The summed E-state index contributed by atoms with van der Waals surface area (Å²) in [5.74, 6) is 0. The van der Waals surface area contributed by atoms with Gasteiger partial charge in [0.15, 0.2) is 0 Å². The lowest BCUT2D eigenvalue weighted by atomic mass is 9.96. The van der Waals surface area contributed by atoms with Crippen molar-refractivity contribution >= 4 is 6.09 Å². The summed E-state index contributed by atoms with van der Waals surface area (Å²) >= 11 is 0. The number of piperidine rings is 1. The summed E-state index contributed by atoms with van der Waals surface area (Å²) in [4.78, 5) is 14.1. The number of nitrogens with one attached hydrogen (secondary N) is 1. The maximum atomic E-state index is 12.2. The minimum absolute atomic E-state index is 0.179. The van der Waals surface area contributed by atoms with Gasteiger partial charge in [-0.25, -0.2) is 4.79 Å². The molecular weight excluding hydrogens is 280 g/mol. The molecular formula is C17H32N2O3. The Labute approximate surface area is 134 Å². The Bertz CT molecular complexity index is 359. The fourth-order valence-electron chi connectivity index (χ4n) is 3.32. The molecule has 128 valence electrons. The average Bonchev–Trinajstić information content (AvgIpc) is 2.65. The van der Waals surface area contributed by atoms with Crippen molar-refractivity contribution in [2.75, 3.05) is 19.8 Å². The van der Waals surface area contributed by atoms with Crippen LogP contribution in [0.2, 0.25) is 0 Å². The van der Waals surface area contributed by atoms with E-state index < -0.39 is 5.60 Å². The highest BCUT2D eigenvalue weighted by Crippen LogP contribution is 2.22. The highest BCUT2D eigenvalue weighted by atomic mass is 16.6. The average molecular weight is 312 g/mol. The van der Waals surface area contributed by atoms with Crippen LogP contribution in [0.3, 0.4) is 0 Å². The maximum absolute atomic E-state index is 12.2. The second kappa shape index (κ2) is 7.64. The smallest absolute Gasteiger partial charge is 0.410 e. The van der Waals surface area contributed by atoms with Crippen LogP contribution in [0, 0.1) is 0 Å². The molecule has 2 saturated heterocycles. The van der Waals surface area contributed by atoms with Gasteiger partial charge in [-0.3, -0.25) is 0 Å². The van der Waals surface area contributed by atoms with Gasteiger partial charge in [-0.2, -0.15) is 0 Å². The third-order valence-electron chi connectivity index (χ3n) is 4.43. The first-order valence-corrected chi connectivity index (χ1v) is 8.68. The molecule has 2 fully saturated rings. The van der Waals surface area contributed by atoms with Crippen molar-refractivity contribution in [1.29, 1.82) is 0 Å². The van der Waals surface area contributed by atoms with Crippen LogP contribution in [0.15, 0.2) is 0 Å². The highest BCUT2D eigenvalue weighted by molar-refractivity contribution is 5.68. The molecule has 2 heterocycles. The van der Waals surface area contributed by atoms with Gasteiger partial charge in [0, 0.05) is 37.9 Å². The van der Waals surface area contributed by atoms with E-state index in [2.05, 4.69) is 12.2 Å². The summed E-state index contributed by atoms with van der Waals surface area (Å²) in [7, 11) is 0. The highest BCUT2D eigenvalue weighted by Gasteiger charge is 2.32. The Morgan fingerprint density at radius 1 is 1.18 bits per heavy atom. The van der Waals surface area contributed by atoms with Crippen molar-refractivity contribution in [2.45, 2.75) is 83.5 Å². The summed E-state index contributed by atoms with van der Waals surface area (Å²) in [6.45, 7) is 10.4. The second-order valence-electron chi connectivity index (χ2n) is 7.65. The largest absolute Gasteiger partial charge is 0.444 e. The van der Waals surface area contributed by atoms with E-state index in [-0.39, 0.29) is 12.1 Å². The van der Waals surface area contributed by atoms with Crippen LogP contribution >= 0.6 is 0 Å². The number of hydrogen-bond donors (Lipinski definition) is 1. The molecule has 1 amide bonds. The normalized spacial score (nSPS) is 30.7. The number of hydrogen-bond acceptors (Lipinski definition) is 4. The SMILES string of the molecule is CC1CC(NC2CCCOCC2)CCN1C(=O)OC(C)(C)C. The Hall–Kier alpha value is -0.810. The third-order valence-corrected chi connectivity index (χ3v) is 4.43. The van der Waals surface area contributed by atoms with Gasteiger partial charge in [0.1, 0.15) is 5.60 Å². The minimum atomic E-state index is -0.424. The lowest BCUT2D eigenvalue weighted by Gasteiger charge is -2.39. The maximum Gasteiger partial charge on any atom is 0.410 e. The summed E-state index contributed by atoms with van der Waals surface area (Å²) in [5, 5.41) is 3.78. The van der Waals surface area contributed by atoms with E-state index >= 15 is 0 Å². The van der Waals surface area contributed by atoms with Crippen molar-refractivity contribution in [3.05, 3.63) is 0 Å². The zero-order chi connectivity index (χ0) is 16.2. The monoisotopic (exact) mass is 312 g/mol. The van der Waals surface area contributed by atoms with Crippen LogP contribution in [0.5, 0.6) is 0 Å². The topological polar surface area (TPSA) is 50.8 Å². The molecule has 5 nitrogen and oxygen atoms in total. The fraction of sp³-hybridized carbons (Fsp3) is 0.941. The molecule has 2 aliphatic rings. The number of amides is 1. The van der Waals surface area contributed by atoms with Crippen LogP contribution in [-0.4, -0.2) is 54.5 Å². The number of rotatable bonds is 2. The van der Waals surface area contributed by atoms with Crippen molar-refractivity contribution in [1.82, 2.24) is 10.2 Å². The fourth-order valence-corrected chi connectivity index (χ4v) is 3.32. The number of carbonyl (C=O) groups excluding carboxylic acids is 1. The molecule has 2 aliphatic heterocycles. The zero-order valence-corrected chi connectivity index (χ0v) is 14.6. The Kier molecular flexibility index (Phi) is 6.09. The molecule has 2 rings (SSSR count). The Morgan fingerprint density at radius 3 is 2.64 bits per heavy atom. The van der Waals surface area contributed by atoms with Crippen molar-refractivity contribution in [3.8, 4) is 0 Å². The van der Waals surface area contributed by atoms with E-state index in [4.69, 9.17) is 9.47 Å². The predicted octanol–water partition coefficient (Wildman–Crippen LogP) is 2.93. The summed E-state index contributed by atoms with van der Waals surface area (Å²) in [5.41, 5.74) is -0.424. The van der Waals surface area contributed by atoms with E-state index in [0.29, 0.717) is 12.1 Å². The van der Waals surface area contributed by atoms with Crippen molar-refractivity contribution < 1.29 is 14.3 Å². The molecule has 22 heavy (non-hydrogen) atoms. The van der Waals surface area contributed by atoms with Gasteiger partial charge in [0.25, 0.3) is 0 Å². The van der Waals surface area contributed by atoms with E-state index in [1.807, 2.05) is 25.7 Å². The molecule has 3 unspecified atom stereocenters. The zero-order valence-electron chi connectivity index (χ0n) is 14.6. The molecule has 0 aromatic carbocycles. The van der Waals surface area contributed by atoms with E-state index in [0.717, 1.165) is 45.4 Å². The standard InChI is InChI=1S/C17H32N2O3/c1-13-12-15(18-14-6-5-10-21-11-8-14)7-9-19(13)16(20)22-17(2,3)4/h13-15,18H,5-12H2,1-4H3.